The molecule has 1 fully saturated rings. The number of ketones is 1. The Kier molecular flexibility index (Phi) is 5.11. The van der Waals surface area contributed by atoms with Gasteiger partial charge in [0.2, 0.25) is 0 Å². The van der Waals surface area contributed by atoms with Crippen molar-refractivity contribution >= 4 is 39.8 Å². The van der Waals surface area contributed by atoms with Gasteiger partial charge >= 0.3 is 0 Å². The van der Waals surface area contributed by atoms with Crippen LogP contribution in [0.5, 0.6) is 0 Å². The Morgan fingerprint density at radius 2 is 2.03 bits per heavy atom. The monoisotopic (exact) mass is 432 g/mol. The molecule has 8 heteroatoms. The largest absolute Gasteiger partial charge is 0.369 e. The van der Waals surface area contributed by atoms with Gasteiger partial charge in [-0.25, -0.2) is 0 Å². The van der Waals surface area contributed by atoms with Crippen molar-refractivity contribution in [3.63, 3.8) is 0 Å². The van der Waals surface area contributed by atoms with Crippen molar-refractivity contribution in [2.75, 3.05) is 32.1 Å². The van der Waals surface area contributed by atoms with E-state index in [0.29, 0.717) is 11.6 Å². The smallest absolute Gasteiger partial charge is 0.200 e. The molecule has 1 saturated heterocycles. The zero-order valence-electron chi connectivity index (χ0n) is 17.8. The molecule has 0 amide bonds. The SMILES string of the molecule is CC(=O)c1ccc2nnc(Sc3ccc4ncc(N5CC[C@H](N(C)C)C5)cc4c3)n2c1. The number of fused-ring (bicyclic) bond motifs is 2. The van der Waals surface area contributed by atoms with Gasteiger partial charge in [0.1, 0.15) is 0 Å². The minimum Gasteiger partial charge on any atom is -0.369 e. The van der Waals surface area contributed by atoms with Gasteiger partial charge in [-0.15, -0.1) is 10.2 Å². The summed E-state index contributed by atoms with van der Waals surface area (Å²) in [7, 11) is 4.29. The maximum atomic E-state index is 11.8. The summed E-state index contributed by atoms with van der Waals surface area (Å²) in [5.41, 5.74) is 3.50. The first-order valence-corrected chi connectivity index (χ1v) is 11.1. The lowest BCUT2D eigenvalue weighted by atomic mass is 10.2. The van der Waals surface area contributed by atoms with Crippen molar-refractivity contribution in [2.45, 2.75) is 29.4 Å². The molecule has 1 aromatic carbocycles. The van der Waals surface area contributed by atoms with Gasteiger partial charge in [-0.05, 0) is 75.6 Å². The first-order valence-electron chi connectivity index (χ1n) is 10.3. The number of hydrogen-bond donors (Lipinski definition) is 0. The number of carbonyl (C=O) groups excluding carboxylic acids is 1. The summed E-state index contributed by atoms with van der Waals surface area (Å²) in [6.45, 7) is 3.64. The average Bonchev–Trinajstić information content (AvgIpc) is 3.41. The highest BCUT2D eigenvalue weighted by atomic mass is 32.2. The Bertz CT molecular complexity index is 1280. The molecule has 4 heterocycles. The lowest BCUT2D eigenvalue weighted by Gasteiger charge is -2.21. The van der Waals surface area contributed by atoms with Crippen molar-refractivity contribution in [3.05, 3.63) is 54.4 Å². The molecule has 5 rings (SSSR count). The first-order chi connectivity index (χ1) is 15.0. The Morgan fingerprint density at radius 3 is 2.81 bits per heavy atom. The zero-order valence-corrected chi connectivity index (χ0v) is 18.6. The fourth-order valence-corrected chi connectivity index (χ4v) is 4.84. The van der Waals surface area contributed by atoms with Crippen LogP contribution in [0.4, 0.5) is 5.69 Å². The quantitative estimate of drug-likeness (QED) is 0.445. The maximum Gasteiger partial charge on any atom is 0.200 e. The molecule has 0 saturated carbocycles. The van der Waals surface area contributed by atoms with Crippen LogP contribution in [0.1, 0.15) is 23.7 Å². The van der Waals surface area contributed by atoms with E-state index in [2.05, 4.69) is 51.2 Å². The molecule has 4 aromatic rings. The van der Waals surface area contributed by atoms with Gasteiger partial charge in [0, 0.05) is 41.2 Å². The number of nitrogens with zero attached hydrogens (tertiary/aromatic N) is 6. The fraction of sp³-hybridized carbons (Fsp3) is 0.304. The van der Waals surface area contributed by atoms with Gasteiger partial charge in [-0.1, -0.05) is 0 Å². The molecule has 3 aromatic heterocycles. The minimum atomic E-state index is 0.0225. The molecule has 0 radical (unpaired) electrons. The fourth-order valence-electron chi connectivity index (χ4n) is 3.99. The van der Waals surface area contributed by atoms with Crippen molar-refractivity contribution in [1.82, 2.24) is 24.5 Å². The van der Waals surface area contributed by atoms with Crippen molar-refractivity contribution in [2.24, 2.45) is 0 Å². The molecule has 1 aliphatic heterocycles. The standard InChI is InChI=1S/C23H24N6OS/c1-15(30)16-4-7-22-25-26-23(29(22)13-16)31-20-5-6-21-17(11-20)10-19(12-24-21)28-9-8-18(14-28)27(2)3/h4-7,10-13,18H,8-9,14H2,1-3H3/t18-/m0/s1. The van der Waals surface area contributed by atoms with Crippen LogP contribution in [0.15, 0.2) is 58.8 Å². The van der Waals surface area contributed by atoms with Crippen LogP contribution < -0.4 is 4.90 Å². The number of anilines is 1. The zero-order chi connectivity index (χ0) is 21.5. The van der Waals surface area contributed by atoms with E-state index in [0.717, 1.165) is 45.4 Å². The maximum absolute atomic E-state index is 11.8. The number of Topliss-reactive ketones (excluding diaryl/α,β-unsaturated/α-hetero) is 1. The predicted octanol–water partition coefficient (Wildman–Crippen LogP) is 3.77. The van der Waals surface area contributed by atoms with Crippen molar-refractivity contribution in [1.29, 1.82) is 0 Å². The first kappa shape index (κ1) is 20.0. The highest BCUT2D eigenvalue weighted by Gasteiger charge is 2.24. The number of aromatic nitrogens is 4. The Hall–Kier alpha value is -2.97. The highest BCUT2D eigenvalue weighted by molar-refractivity contribution is 7.99. The van der Waals surface area contributed by atoms with E-state index in [9.17, 15) is 4.79 Å². The van der Waals surface area contributed by atoms with Crippen LogP contribution in [0.3, 0.4) is 0 Å². The summed E-state index contributed by atoms with van der Waals surface area (Å²) in [4.78, 5) is 22.2. The second kappa shape index (κ2) is 7.94. The lowest BCUT2D eigenvalue weighted by Crippen LogP contribution is -2.31. The Balaban J connectivity index is 1.44. The molecule has 1 atom stereocenters. The van der Waals surface area contributed by atoms with E-state index < -0.39 is 0 Å². The van der Waals surface area contributed by atoms with Crippen LogP contribution in [-0.4, -0.2) is 63.5 Å². The van der Waals surface area contributed by atoms with Crippen molar-refractivity contribution < 1.29 is 4.79 Å². The molecule has 0 spiro atoms. The lowest BCUT2D eigenvalue weighted by molar-refractivity contribution is 0.101. The molecular formula is C23H24N6OS. The van der Waals surface area contributed by atoms with Crippen LogP contribution in [0.25, 0.3) is 16.6 Å². The van der Waals surface area contributed by atoms with E-state index >= 15 is 0 Å². The number of carbonyl (C=O) groups is 1. The average molecular weight is 433 g/mol. The summed E-state index contributed by atoms with van der Waals surface area (Å²) in [6.07, 6.45) is 4.95. The number of benzene rings is 1. The van der Waals surface area contributed by atoms with E-state index in [4.69, 9.17) is 0 Å². The molecule has 0 aliphatic carbocycles. The Labute approximate surface area is 185 Å². The number of hydrogen-bond acceptors (Lipinski definition) is 7. The van der Waals surface area contributed by atoms with E-state index in [1.807, 2.05) is 28.8 Å². The molecule has 1 aliphatic rings. The molecular weight excluding hydrogens is 408 g/mol. The van der Waals surface area contributed by atoms with E-state index in [1.165, 1.54) is 18.2 Å². The third-order valence-electron chi connectivity index (χ3n) is 5.88. The number of rotatable bonds is 5. The Morgan fingerprint density at radius 1 is 1.16 bits per heavy atom. The van der Waals surface area contributed by atoms with E-state index in [1.54, 1.807) is 19.2 Å². The predicted molar refractivity (Wildman–Crippen MR) is 123 cm³/mol. The third-order valence-corrected chi connectivity index (χ3v) is 6.83. The molecule has 7 nitrogen and oxygen atoms in total. The molecule has 0 bridgehead atoms. The van der Waals surface area contributed by atoms with Crippen LogP contribution >= 0.6 is 11.8 Å². The van der Waals surface area contributed by atoms with Gasteiger partial charge in [0.05, 0.1) is 17.4 Å². The molecule has 0 N–H and O–H groups in total. The second-order valence-electron chi connectivity index (χ2n) is 8.19. The highest BCUT2D eigenvalue weighted by Crippen LogP contribution is 2.31. The van der Waals surface area contributed by atoms with Crippen LogP contribution in [-0.2, 0) is 0 Å². The van der Waals surface area contributed by atoms with Gasteiger partial charge in [0.25, 0.3) is 0 Å². The third kappa shape index (κ3) is 3.88. The molecule has 31 heavy (non-hydrogen) atoms. The van der Waals surface area contributed by atoms with Gasteiger partial charge in [-0.2, -0.15) is 0 Å². The van der Waals surface area contributed by atoms with Gasteiger partial charge < -0.3 is 9.80 Å². The van der Waals surface area contributed by atoms with Crippen molar-refractivity contribution in [3.8, 4) is 0 Å². The summed E-state index contributed by atoms with van der Waals surface area (Å²) in [5, 5.41) is 10.4. The van der Waals surface area contributed by atoms with Crippen LogP contribution in [0, 0.1) is 0 Å². The normalized spacial score (nSPS) is 16.6. The molecule has 158 valence electrons. The second-order valence-corrected chi connectivity index (χ2v) is 9.23. The topological polar surface area (TPSA) is 66.6 Å². The summed E-state index contributed by atoms with van der Waals surface area (Å²) < 4.78 is 1.87. The summed E-state index contributed by atoms with van der Waals surface area (Å²) >= 11 is 1.53. The van der Waals surface area contributed by atoms with Gasteiger partial charge in [0.15, 0.2) is 16.6 Å². The van der Waals surface area contributed by atoms with E-state index in [-0.39, 0.29) is 5.78 Å². The number of likely N-dealkylation sites (N-methyl/N-ethyl adjacent to an activating group) is 1. The van der Waals surface area contributed by atoms with Crippen LogP contribution in [0.2, 0.25) is 0 Å². The summed E-state index contributed by atoms with van der Waals surface area (Å²) in [5.74, 6) is 0.0225. The summed E-state index contributed by atoms with van der Waals surface area (Å²) in [6, 6.07) is 12.6. The number of pyridine rings is 2. The van der Waals surface area contributed by atoms with Gasteiger partial charge in [-0.3, -0.25) is 14.2 Å². The molecule has 0 unspecified atom stereocenters. The minimum absolute atomic E-state index is 0.0225.